The van der Waals surface area contributed by atoms with E-state index in [2.05, 4.69) is 38.5 Å². The van der Waals surface area contributed by atoms with Crippen LogP contribution in [0.1, 0.15) is 0 Å². The first kappa shape index (κ1) is 15.6. The monoisotopic (exact) mass is 373 g/mol. The molecule has 3 aromatic rings. The summed E-state index contributed by atoms with van der Waals surface area (Å²) in [5, 5.41) is 9.38. The van der Waals surface area contributed by atoms with Crippen molar-refractivity contribution in [2.45, 2.75) is 0 Å². The van der Waals surface area contributed by atoms with Crippen LogP contribution in [0.5, 0.6) is 5.75 Å². The number of fused-ring (bicyclic) bond motifs is 1. The van der Waals surface area contributed by atoms with Gasteiger partial charge in [0.25, 0.3) is 5.56 Å². The molecule has 0 aliphatic carbocycles. The molecule has 5 nitrogen and oxygen atoms in total. The smallest absolute Gasteiger partial charge is 0.282 e. The zero-order valence-electron chi connectivity index (χ0n) is 12.6. The number of rotatable bonds is 5. The van der Waals surface area contributed by atoms with Gasteiger partial charge in [-0.3, -0.25) is 4.79 Å². The van der Waals surface area contributed by atoms with Gasteiger partial charge in [-0.05, 0) is 27.4 Å². The molecule has 0 saturated carbocycles. The molecule has 0 aliphatic heterocycles. The number of nitrogens with zero attached hydrogens (tertiary/aromatic N) is 2. The van der Waals surface area contributed by atoms with Gasteiger partial charge in [0.15, 0.2) is 0 Å². The van der Waals surface area contributed by atoms with E-state index in [0.29, 0.717) is 23.3 Å². The van der Waals surface area contributed by atoms with Gasteiger partial charge in [0.1, 0.15) is 16.8 Å². The summed E-state index contributed by atoms with van der Waals surface area (Å²) in [7, 11) is 1.61. The minimum Gasteiger partial charge on any atom is -0.491 e. The molecule has 0 atom stereocenters. The van der Waals surface area contributed by atoms with Gasteiger partial charge in [-0.25, -0.2) is 4.68 Å². The van der Waals surface area contributed by atoms with Gasteiger partial charge in [0.2, 0.25) is 0 Å². The second-order valence-electron chi connectivity index (χ2n) is 5.05. The number of aryl methyl sites for hydroxylation is 1. The summed E-state index contributed by atoms with van der Waals surface area (Å²) in [6, 6.07) is 14.1. The lowest BCUT2D eigenvalue weighted by Gasteiger charge is -2.11. The molecule has 0 amide bonds. The lowest BCUT2D eigenvalue weighted by Crippen LogP contribution is -2.22. The lowest BCUT2D eigenvalue weighted by molar-refractivity contribution is 0.337. The van der Waals surface area contributed by atoms with Crippen molar-refractivity contribution in [2.24, 2.45) is 7.05 Å². The van der Waals surface area contributed by atoms with Gasteiger partial charge < -0.3 is 10.1 Å². The molecule has 0 unspecified atom stereocenters. The fourth-order valence-corrected chi connectivity index (χ4v) is 2.80. The Morgan fingerprint density at radius 2 is 2.00 bits per heavy atom. The molecule has 3 rings (SSSR count). The summed E-state index contributed by atoms with van der Waals surface area (Å²) in [5.74, 6) is 0.853. The standard InChI is InChI=1S/C17H16BrN3O2/c1-21-17(22)16(18)14(11-20-21)19-9-10-23-15-8-4-6-12-5-2-3-7-13(12)15/h2-8,11,19H,9-10H2,1H3. The number of ether oxygens (including phenoxy) is 1. The Balaban J connectivity index is 1.64. The molecule has 6 heteroatoms. The molecule has 118 valence electrons. The number of halogens is 1. The molecule has 0 aliphatic rings. The Morgan fingerprint density at radius 3 is 2.87 bits per heavy atom. The van der Waals surface area contributed by atoms with Gasteiger partial charge in [-0.15, -0.1) is 0 Å². The third-order valence-corrected chi connectivity index (χ3v) is 4.27. The number of aromatic nitrogens is 2. The molecule has 0 saturated heterocycles. The van der Waals surface area contributed by atoms with E-state index in [4.69, 9.17) is 4.74 Å². The minimum atomic E-state index is -0.176. The maximum absolute atomic E-state index is 11.8. The predicted octanol–water partition coefficient (Wildman–Crippen LogP) is 3.19. The summed E-state index contributed by atoms with van der Waals surface area (Å²) in [6.07, 6.45) is 1.61. The van der Waals surface area contributed by atoms with Crippen molar-refractivity contribution in [1.82, 2.24) is 9.78 Å². The maximum Gasteiger partial charge on any atom is 0.282 e. The van der Waals surface area contributed by atoms with Crippen LogP contribution >= 0.6 is 15.9 Å². The molecule has 0 radical (unpaired) electrons. The highest BCUT2D eigenvalue weighted by atomic mass is 79.9. The summed E-state index contributed by atoms with van der Waals surface area (Å²) < 4.78 is 7.61. The Bertz CT molecular complexity index is 887. The zero-order valence-corrected chi connectivity index (χ0v) is 14.2. The number of hydrogen-bond donors (Lipinski definition) is 1. The quantitative estimate of drug-likeness (QED) is 0.697. The fourth-order valence-electron chi connectivity index (χ4n) is 2.30. The predicted molar refractivity (Wildman–Crippen MR) is 95.1 cm³/mol. The lowest BCUT2D eigenvalue weighted by atomic mass is 10.1. The van der Waals surface area contributed by atoms with E-state index >= 15 is 0 Å². The van der Waals surface area contributed by atoms with Crippen LogP contribution in [0, 0.1) is 0 Å². The zero-order chi connectivity index (χ0) is 16.2. The van der Waals surface area contributed by atoms with Gasteiger partial charge >= 0.3 is 0 Å². The maximum atomic E-state index is 11.8. The molecule has 1 N–H and O–H groups in total. The molecular formula is C17H16BrN3O2. The Morgan fingerprint density at radius 1 is 1.22 bits per heavy atom. The van der Waals surface area contributed by atoms with Crippen molar-refractivity contribution < 1.29 is 4.74 Å². The molecule has 1 heterocycles. The van der Waals surface area contributed by atoms with Gasteiger partial charge in [-0.1, -0.05) is 36.4 Å². The fraction of sp³-hybridized carbons (Fsp3) is 0.176. The Hall–Kier alpha value is -2.34. The van der Waals surface area contributed by atoms with E-state index < -0.39 is 0 Å². The van der Waals surface area contributed by atoms with E-state index in [1.165, 1.54) is 4.68 Å². The first-order valence-corrected chi connectivity index (χ1v) is 8.02. The molecule has 2 aromatic carbocycles. The van der Waals surface area contributed by atoms with Crippen molar-refractivity contribution in [3.8, 4) is 5.75 Å². The second-order valence-corrected chi connectivity index (χ2v) is 5.85. The van der Waals surface area contributed by atoms with Crippen LogP contribution in [0.25, 0.3) is 10.8 Å². The number of nitrogens with one attached hydrogen (secondary N) is 1. The van der Waals surface area contributed by atoms with Gasteiger partial charge in [-0.2, -0.15) is 5.10 Å². The molecular weight excluding hydrogens is 358 g/mol. The van der Waals surface area contributed by atoms with Gasteiger partial charge in [0.05, 0.1) is 11.9 Å². The van der Waals surface area contributed by atoms with Crippen LogP contribution in [0.4, 0.5) is 5.69 Å². The summed E-state index contributed by atoms with van der Waals surface area (Å²) in [5.41, 5.74) is 0.486. The summed E-state index contributed by atoms with van der Waals surface area (Å²) in [6.45, 7) is 1.05. The van der Waals surface area contributed by atoms with Crippen LogP contribution in [0.3, 0.4) is 0 Å². The van der Waals surface area contributed by atoms with Crippen molar-refractivity contribution in [3.63, 3.8) is 0 Å². The highest BCUT2D eigenvalue weighted by Crippen LogP contribution is 2.25. The Labute approximate surface area is 142 Å². The third kappa shape index (κ3) is 3.37. The van der Waals surface area contributed by atoms with E-state index in [1.54, 1.807) is 13.2 Å². The largest absolute Gasteiger partial charge is 0.491 e. The van der Waals surface area contributed by atoms with Crippen molar-refractivity contribution in [1.29, 1.82) is 0 Å². The second kappa shape index (κ2) is 6.83. The SMILES string of the molecule is Cn1ncc(NCCOc2cccc3ccccc23)c(Br)c1=O. The third-order valence-electron chi connectivity index (χ3n) is 3.50. The average Bonchev–Trinajstić information content (AvgIpc) is 2.58. The van der Waals surface area contributed by atoms with Crippen molar-refractivity contribution >= 4 is 32.4 Å². The minimum absolute atomic E-state index is 0.176. The van der Waals surface area contributed by atoms with E-state index in [-0.39, 0.29) is 5.56 Å². The van der Waals surface area contributed by atoms with Crippen LogP contribution in [0.15, 0.2) is 57.9 Å². The van der Waals surface area contributed by atoms with Crippen LogP contribution in [-0.2, 0) is 7.05 Å². The van der Waals surface area contributed by atoms with E-state index in [0.717, 1.165) is 16.5 Å². The van der Waals surface area contributed by atoms with Crippen molar-refractivity contribution in [2.75, 3.05) is 18.5 Å². The number of anilines is 1. The van der Waals surface area contributed by atoms with Crippen LogP contribution in [0.2, 0.25) is 0 Å². The number of benzene rings is 2. The average molecular weight is 374 g/mol. The molecule has 23 heavy (non-hydrogen) atoms. The van der Waals surface area contributed by atoms with E-state index in [9.17, 15) is 4.79 Å². The highest BCUT2D eigenvalue weighted by Gasteiger charge is 2.06. The molecule has 1 aromatic heterocycles. The first-order chi connectivity index (χ1) is 11.2. The topological polar surface area (TPSA) is 56.1 Å². The molecule has 0 spiro atoms. The molecule has 0 fully saturated rings. The summed E-state index contributed by atoms with van der Waals surface area (Å²) >= 11 is 3.28. The summed E-state index contributed by atoms with van der Waals surface area (Å²) in [4.78, 5) is 11.8. The highest BCUT2D eigenvalue weighted by molar-refractivity contribution is 9.10. The normalized spacial score (nSPS) is 10.7. The van der Waals surface area contributed by atoms with Crippen LogP contribution < -0.4 is 15.6 Å². The Kier molecular flexibility index (Phi) is 4.62. The van der Waals surface area contributed by atoms with Gasteiger partial charge in [0, 0.05) is 19.0 Å². The van der Waals surface area contributed by atoms with Crippen LogP contribution in [-0.4, -0.2) is 22.9 Å². The molecule has 0 bridgehead atoms. The first-order valence-electron chi connectivity index (χ1n) is 7.23. The number of hydrogen-bond acceptors (Lipinski definition) is 4. The van der Waals surface area contributed by atoms with E-state index in [1.807, 2.05) is 30.3 Å². The van der Waals surface area contributed by atoms with Crippen molar-refractivity contribution in [3.05, 3.63) is 63.5 Å².